The van der Waals surface area contributed by atoms with E-state index in [0.717, 1.165) is 23.0 Å². The van der Waals surface area contributed by atoms with Crippen molar-refractivity contribution in [1.29, 1.82) is 0 Å². The predicted molar refractivity (Wildman–Crippen MR) is 111 cm³/mol. The third-order valence-corrected chi connectivity index (χ3v) is 4.44. The van der Waals surface area contributed by atoms with Crippen molar-refractivity contribution in [2.24, 2.45) is 0 Å². The average molecular weight is 361 g/mol. The number of carbonyl (C=O) groups is 1. The van der Waals surface area contributed by atoms with Crippen LogP contribution in [0.4, 0.5) is 4.79 Å². The van der Waals surface area contributed by atoms with Crippen LogP contribution in [-0.4, -0.2) is 16.3 Å². The highest BCUT2D eigenvalue weighted by Gasteiger charge is 2.25. The van der Waals surface area contributed by atoms with Crippen LogP contribution in [0.1, 0.15) is 44.5 Å². The fourth-order valence-electron chi connectivity index (χ4n) is 3.31. The lowest BCUT2D eigenvalue weighted by Crippen LogP contribution is -2.28. The Morgan fingerprint density at radius 3 is 2.37 bits per heavy atom. The molecule has 3 rings (SSSR count). The van der Waals surface area contributed by atoms with E-state index in [1.54, 1.807) is 4.57 Å². The Morgan fingerprint density at radius 1 is 1.04 bits per heavy atom. The summed E-state index contributed by atoms with van der Waals surface area (Å²) in [6.07, 6.45) is 5.33. The number of ether oxygens (including phenoxy) is 1. The number of allylic oxidation sites excluding steroid dienone is 2. The van der Waals surface area contributed by atoms with Crippen LogP contribution in [0.5, 0.6) is 0 Å². The van der Waals surface area contributed by atoms with Crippen LogP contribution in [0.2, 0.25) is 0 Å². The third kappa shape index (κ3) is 4.30. The number of para-hydroxylation sites is 1. The van der Waals surface area contributed by atoms with Crippen LogP contribution < -0.4 is 0 Å². The third-order valence-electron chi connectivity index (χ3n) is 4.44. The van der Waals surface area contributed by atoms with E-state index in [0.29, 0.717) is 6.42 Å². The van der Waals surface area contributed by atoms with Crippen molar-refractivity contribution in [2.45, 2.75) is 46.1 Å². The van der Waals surface area contributed by atoms with Crippen LogP contribution in [0.25, 0.3) is 10.9 Å². The van der Waals surface area contributed by atoms with Gasteiger partial charge in [0.2, 0.25) is 0 Å². The molecule has 0 radical (unpaired) electrons. The Bertz CT molecular complexity index is 959. The SMILES string of the molecule is C/C=C/Cc1c(Cc2ccccc2)n(C(=O)OC(C)(C)C)c2ccccc12. The van der Waals surface area contributed by atoms with Gasteiger partial charge < -0.3 is 4.74 Å². The van der Waals surface area contributed by atoms with E-state index in [9.17, 15) is 4.79 Å². The molecule has 0 aliphatic rings. The summed E-state index contributed by atoms with van der Waals surface area (Å²) in [6, 6.07) is 18.3. The molecule has 0 N–H and O–H groups in total. The van der Waals surface area contributed by atoms with Gasteiger partial charge in [-0.05, 0) is 51.3 Å². The monoisotopic (exact) mass is 361 g/mol. The second kappa shape index (κ2) is 7.83. The molecule has 0 saturated carbocycles. The highest BCUT2D eigenvalue weighted by Crippen LogP contribution is 2.30. The fraction of sp³-hybridized carbons (Fsp3) is 0.292. The van der Waals surface area contributed by atoms with Crippen molar-refractivity contribution in [3.63, 3.8) is 0 Å². The van der Waals surface area contributed by atoms with E-state index in [4.69, 9.17) is 4.74 Å². The van der Waals surface area contributed by atoms with E-state index in [-0.39, 0.29) is 6.09 Å². The molecule has 0 aliphatic carbocycles. The molecule has 0 fully saturated rings. The molecule has 2 aromatic carbocycles. The predicted octanol–water partition coefficient (Wildman–Crippen LogP) is 6.13. The van der Waals surface area contributed by atoms with Crippen molar-refractivity contribution < 1.29 is 9.53 Å². The summed E-state index contributed by atoms with van der Waals surface area (Å²) in [7, 11) is 0. The Morgan fingerprint density at radius 2 is 1.70 bits per heavy atom. The standard InChI is InChI=1S/C24H27NO2/c1-5-6-14-20-19-15-10-11-16-21(19)25(23(26)27-24(2,3)4)22(20)17-18-12-8-7-9-13-18/h5-13,15-16H,14,17H2,1-4H3/b6-5+. The van der Waals surface area contributed by atoms with Gasteiger partial charge >= 0.3 is 6.09 Å². The van der Waals surface area contributed by atoms with Crippen LogP contribution in [0, 0.1) is 0 Å². The van der Waals surface area contributed by atoms with Gasteiger partial charge in [0.25, 0.3) is 0 Å². The van der Waals surface area contributed by atoms with Crippen LogP contribution in [0.15, 0.2) is 66.7 Å². The highest BCUT2D eigenvalue weighted by atomic mass is 16.6. The van der Waals surface area contributed by atoms with E-state index < -0.39 is 5.60 Å². The van der Waals surface area contributed by atoms with Gasteiger partial charge in [-0.1, -0.05) is 60.7 Å². The number of fused-ring (bicyclic) bond motifs is 1. The summed E-state index contributed by atoms with van der Waals surface area (Å²) in [5.74, 6) is 0. The van der Waals surface area contributed by atoms with Crippen LogP contribution >= 0.6 is 0 Å². The first-order valence-electron chi connectivity index (χ1n) is 9.40. The maximum absolute atomic E-state index is 13.1. The first-order valence-corrected chi connectivity index (χ1v) is 9.40. The number of hydrogen-bond acceptors (Lipinski definition) is 2. The van der Waals surface area contributed by atoms with E-state index in [1.165, 1.54) is 11.1 Å². The Balaban J connectivity index is 2.21. The molecule has 140 valence electrons. The Labute approximate surface area is 161 Å². The summed E-state index contributed by atoms with van der Waals surface area (Å²) >= 11 is 0. The lowest BCUT2D eigenvalue weighted by atomic mass is 10.0. The van der Waals surface area contributed by atoms with Gasteiger partial charge in [-0.15, -0.1) is 0 Å². The van der Waals surface area contributed by atoms with Gasteiger partial charge in [0, 0.05) is 17.5 Å². The quantitative estimate of drug-likeness (QED) is 0.523. The molecule has 27 heavy (non-hydrogen) atoms. The molecule has 0 amide bonds. The maximum Gasteiger partial charge on any atom is 0.419 e. The van der Waals surface area contributed by atoms with Crippen molar-refractivity contribution >= 4 is 17.0 Å². The molecule has 0 spiro atoms. The van der Waals surface area contributed by atoms with E-state index >= 15 is 0 Å². The number of rotatable bonds is 4. The summed E-state index contributed by atoms with van der Waals surface area (Å²) < 4.78 is 7.49. The maximum atomic E-state index is 13.1. The van der Waals surface area contributed by atoms with Crippen molar-refractivity contribution in [2.75, 3.05) is 0 Å². The minimum atomic E-state index is -0.546. The lowest BCUT2D eigenvalue weighted by Gasteiger charge is -2.21. The van der Waals surface area contributed by atoms with Crippen LogP contribution in [0.3, 0.4) is 0 Å². The second-order valence-electron chi connectivity index (χ2n) is 7.69. The Hall–Kier alpha value is -2.81. The molecule has 0 unspecified atom stereocenters. The van der Waals surface area contributed by atoms with Gasteiger partial charge in [-0.2, -0.15) is 0 Å². The number of hydrogen-bond donors (Lipinski definition) is 0. The van der Waals surface area contributed by atoms with E-state index in [1.807, 2.05) is 70.2 Å². The number of carbonyl (C=O) groups excluding carboxylic acids is 1. The van der Waals surface area contributed by atoms with Gasteiger partial charge in [0.05, 0.1) is 5.52 Å². The fourth-order valence-corrected chi connectivity index (χ4v) is 3.31. The van der Waals surface area contributed by atoms with Crippen molar-refractivity contribution in [3.8, 4) is 0 Å². The van der Waals surface area contributed by atoms with Gasteiger partial charge in [-0.25, -0.2) is 9.36 Å². The first-order chi connectivity index (χ1) is 12.9. The number of nitrogens with zero attached hydrogens (tertiary/aromatic N) is 1. The molecule has 1 heterocycles. The molecule has 0 aliphatic heterocycles. The average Bonchev–Trinajstić information content (AvgIpc) is 2.92. The van der Waals surface area contributed by atoms with Gasteiger partial charge in [0.1, 0.15) is 5.60 Å². The molecule has 1 aromatic heterocycles. The zero-order chi connectivity index (χ0) is 19.4. The topological polar surface area (TPSA) is 31.2 Å². The van der Waals surface area contributed by atoms with Gasteiger partial charge in [0.15, 0.2) is 0 Å². The molecule has 3 aromatic rings. The largest absolute Gasteiger partial charge is 0.443 e. The summed E-state index contributed by atoms with van der Waals surface area (Å²) in [4.78, 5) is 13.1. The van der Waals surface area contributed by atoms with E-state index in [2.05, 4.69) is 24.3 Å². The summed E-state index contributed by atoms with van der Waals surface area (Å²) in [5, 5.41) is 1.10. The first kappa shape index (κ1) is 19.0. The number of aromatic nitrogens is 1. The smallest absolute Gasteiger partial charge is 0.419 e. The molecule has 0 saturated heterocycles. The van der Waals surface area contributed by atoms with Crippen molar-refractivity contribution in [1.82, 2.24) is 4.57 Å². The summed E-state index contributed by atoms with van der Waals surface area (Å²) in [6.45, 7) is 7.71. The molecular weight excluding hydrogens is 334 g/mol. The zero-order valence-corrected chi connectivity index (χ0v) is 16.5. The zero-order valence-electron chi connectivity index (χ0n) is 16.5. The van der Waals surface area contributed by atoms with Crippen LogP contribution in [-0.2, 0) is 17.6 Å². The Kier molecular flexibility index (Phi) is 5.50. The molecular formula is C24H27NO2. The molecule has 0 atom stereocenters. The highest BCUT2D eigenvalue weighted by molar-refractivity contribution is 5.94. The minimum Gasteiger partial charge on any atom is -0.443 e. The molecule has 3 nitrogen and oxygen atoms in total. The molecule has 3 heteroatoms. The minimum absolute atomic E-state index is 0.323. The molecule has 0 bridgehead atoms. The van der Waals surface area contributed by atoms with Gasteiger partial charge in [-0.3, -0.25) is 0 Å². The van der Waals surface area contributed by atoms with Crippen molar-refractivity contribution in [3.05, 3.63) is 83.6 Å². The number of benzene rings is 2. The lowest BCUT2D eigenvalue weighted by molar-refractivity contribution is 0.0540. The normalized spacial score (nSPS) is 12.0. The second-order valence-corrected chi connectivity index (χ2v) is 7.69. The summed E-state index contributed by atoms with van der Waals surface area (Å²) in [5.41, 5.74) is 3.70.